The molecule has 0 aromatic rings. The minimum Gasteiger partial charge on any atom is -0.462 e. The number of rotatable bonds is 7. The van der Waals surface area contributed by atoms with Gasteiger partial charge in [0.1, 0.15) is 6.61 Å². The van der Waals surface area contributed by atoms with E-state index in [1.807, 2.05) is 27.7 Å². The fourth-order valence-corrected chi connectivity index (χ4v) is 0.956. The van der Waals surface area contributed by atoms with Crippen LogP contribution in [0.2, 0.25) is 0 Å². The lowest BCUT2D eigenvalue weighted by molar-refractivity contribution is -0.145. The van der Waals surface area contributed by atoms with Gasteiger partial charge in [-0.3, -0.25) is 4.79 Å². The van der Waals surface area contributed by atoms with Crippen LogP contribution in [0.5, 0.6) is 0 Å². The van der Waals surface area contributed by atoms with Crippen molar-refractivity contribution in [2.45, 2.75) is 52.7 Å². The summed E-state index contributed by atoms with van der Waals surface area (Å²) in [6.07, 6.45) is 1.00. The Morgan fingerprint density at radius 1 is 1.31 bits per heavy atom. The molecule has 0 aliphatic heterocycles. The van der Waals surface area contributed by atoms with Gasteiger partial charge in [0.15, 0.2) is 0 Å². The van der Waals surface area contributed by atoms with Crippen LogP contribution < -0.4 is 5.32 Å². The maximum atomic E-state index is 11.2. The van der Waals surface area contributed by atoms with E-state index in [4.69, 9.17) is 9.47 Å². The van der Waals surface area contributed by atoms with Crippen molar-refractivity contribution in [3.8, 4) is 0 Å². The quantitative estimate of drug-likeness (QED) is 0.535. The van der Waals surface area contributed by atoms with E-state index in [1.165, 1.54) is 0 Å². The normalized spacial score (nSPS) is 13.6. The molecule has 0 spiro atoms. The Bertz CT molecular complexity index is 199. The largest absolute Gasteiger partial charge is 0.462 e. The van der Waals surface area contributed by atoms with Crippen LogP contribution in [-0.2, 0) is 14.3 Å². The monoisotopic (exact) mass is 231 g/mol. The molecule has 0 aliphatic carbocycles. The zero-order chi connectivity index (χ0) is 12.6. The fourth-order valence-electron chi connectivity index (χ4n) is 0.956. The highest BCUT2D eigenvalue weighted by Gasteiger charge is 2.10. The van der Waals surface area contributed by atoms with Gasteiger partial charge in [0.2, 0.25) is 0 Å². The molecule has 1 N–H and O–H groups in total. The molecular weight excluding hydrogens is 206 g/mol. The molecule has 0 heterocycles. The summed E-state index contributed by atoms with van der Waals surface area (Å²) in [5, 5.41) is 3.07. The molecule has 0 amide bonds. The third-order valence-electron chi connectivity index (χ3n) is 2.09. The standard InChI is InChI=1S/C12H25NO3/c1-6-10(2)13-9-11(14)15-7-8-16-12(3,4)5/h10,13H,6-9H2,1-5H3. The van der Waals surface area contributed by atoms with E-state index in [1.54, 1.807) is 0 Å². The predicted molar refractivity (Wildman–Crippen MR) is 64.4 cm³/mol. The summed E-state index contributed by atoms with van der Waals surface area (Å²) in [5.74, 6) is -0.224. The average Bonchev–Trinajstić information content (AvgIpc) is 2.19. The zero-order valence-corrected chi connectivity index (χ0v) is 11.1. The first-order valence-electron chi connectivity index (χ1n) is 5.88. The molecule has 4 nitrogen and oxygen atoms in total. The van der Waals surface area contributed by atoms with Gasteiger partial charge in [-0.2, -0.15) is 0 Å². The maximum Gasteiger partial charge on any atom is 0.320 e. The van der Waals surface area contributed by atoms with Crippen LogP contribution in [-0.4, -0.2) is 37.4 Å². The topological polar surface area (TPSA) is 47.6 Å². The third-order valence-corrected chi connectivity index (χ3v) is 2.09. The molecule has 0 saturated carbocycles. The van der Waals surface area contributed by atoms with E-state index in [9.17, 15) is 4.79 Å². The number of hydrogen-bond acceptors (Lipinski definition) is 4. The highest BCUT2D eigenvalue weighted by atomic mass is 16.6. The van der Waals surface area contributed by atoms with E-state index in [0.29, 0.717) is 19.3 Å². The highest BCUT2D eigenvalue weighted by Crippen LogP contribution is 2.05. The molecular formula is C12H25NO3. The maximum absolute atomic E-state index is 11.2. The predicted octanol–water partition coefficient (Wildman–Crippen LogP) is 1.73. The van der Waals surface area contributed by atoms with E-state index in [-0.39, 0.29) is 18.1 Å². The number of hydrogen-bond donors (Lipinski definition) is 1. The second-order valence-corrected chi connectivity index (χ2v) is 4.87. The molecule has 96 valence electrons. The van der Waals surface area contributed by atoms with E-state index >= 15 is 0 Å². The van der Waals surface area contributed by atoms with Gasteiger partial charge in [-0.1, -0.05) is 6.92 Å². The van der Waals surface area contributed by atoms with Crippen molar-refractivity contribution in [2.75, 3.05) is 19.8 Å². The smallest absolute Gasteiger partial charge is 0.320 e. The summed E-state index contributed by atoms with van der Waals surface area (Å²) in [7, 11) is 0. The Hall–Kier alpha value is -0.610. The van der Waals surface area contributed by atoms with Gasteiger partial charge < -0.3 is 14.8 Å². The second-order valence-electron chi connectivity index (χ2n) is 4.87. The van der Waals surface area contributed by atoms with Crippen LogP contribution in [0, 0.1) is 0 Å². The molecule has 4 heteroatoms. The first kappa shape index (κ1) is 15.4. The summed E-state index contributed by atoms with van der Waals surface area (Å²) >= 11 is 0. The van der Waals surface area contributed by atoms with E-state index < -0.39 is 0 Å². The molecule has 0 fully saturated rings. The molecule has 0 aromatic carbocycles. The van der Waals surface area contributed by atoms with Gasteiger partial charge in [0.05, 0.1) is 18.8 Å². The number of esters is 1. The summed E-state index contributed by atoms with van der Waals surface area (Å²) < 4.78 is 10.4. The van der Waals surface area contributed by atoms with Crippen molar-refractivity contribution in [1.29, 1.82) is 0 Å². The first-order valence-corrected chi connectivity index (χ1v) is 5.88. The van der Waals surface area contributed by atoms with Crippen LogP contribution in [0.3, 0.4) is 0 Å². The van der Waals surface area contributed by atoms with Crippen molar-refractivity contribution in [3.05, 3.63) is 0 Å². The van der Waals surface area contributed by atoms with Crippen molar-refractivity contribution < 1.29 is 14.3 Å². The van der Waals surface area contributed by atoms with Crippen LogP contribution in [0.15, 0.2) is 0 Å². The Balaban J connectivity index is 3.44. The van der Waals surface area contributed by atoms with Crippen LogP contribution in [0.1, 0.15) is 41.0 Å². The zero-order valence-electron chi connectivity index (χ0n) is 11.1. The Morgan fingerprint density at radius 3 is 2.44 bits per heavy atom. The van der Waals surface area contributed by atoms with Crippen molar-refractivity contribution in [3.63, 3.8) is 0 Å². The number of ether oxygens (including phenoxy) is 2. The van der Waals surface area contributed by atoms with Gasteiger partial charge in [0, 0.05) is 6.04 Å². The van der Waals surface area contributed by atoms with E-state index in [0.717, 1.165) is 6.42 Å². The molecule has 0 rings (SSSR count). The molecule has 0 aliphatic rings. The number of carbonyl (C=O) groups is 1. The number of nitrogens with one attached hydrogen (secondary N) is 1. The number of carbonyl (C=O) groups excluding carboxylic acids is 1. The lowest BCUT2D eigenvalue weighted by Gasteiger charge is -2.19. The van der Waals surface area contributed by atoms with Crippen LogP contribution >= 0.6 is 0 Å². The van der Waals surface area contributed by atoms with Crippen molar-refractivity contribution in [2.24, 2.45) is 0 Å². The fraction of sp³-hybridized carbons (Fsp3) is 0.917. The van der Waals surface area contributed by atoms with Gasteiger partial charge in [-0.05, 0) is 34.1 Å². The third kappa shape index (κ3) is 9.93. The minimum absolute atomic E-state index is 0.179. The lowest BCUT2D eigenvalue weighted by Crippen LogP contribution is -2.32. The summed E-state index contributed by atoms with van der Waals surface area (Å²) in [6, 6.07) is 0.346. The lowest BCUT2D eigenvalue weighted by atomic mass is 10.2. The summed E-state index contributed by atoms with van der Waals surface area (Å²) in [5.41, 5.74) is -0.179. The van der Waals surface area contributed by atoms with Gasteiger partial charge in [-0.15, -0.1) is 0 Å². The van der Waals surface area contributed by atoms with Gasteiger partial charge >= 0.3 is 5.97 Å². The van der Waals surface area contributed by atoms with E-state index in [2.05, 4.69) is 12.2 Å². The summed E-state index contributed by atoms with van der Waals surface area (Å²) in [6.45, 7) is 11.1. The summed E-state index contributed by atoms with van der Waals surface area (Å²) in [4.78, 5) is 11.2. The Labute approximate surface area is 98.7 Å². The molecule has 1 atom stereocenters. The molecule has 0 aromatic heterocycles. The van der Waals surface area contributed by atoms with Gasteiger partial charge in [-0.25, -0.2) is 0 Å². The van der Waals surface area contributed by atoms with Crippen molar-refractivity contribution >= 4 is 5.97 Å². The molecule has 16 heavy (non-hydrogen) atoms. The van der Waals surface area contributed by atoms with Crippen LogP contribution in [0.25, 0.3) is 0 Å². The van der Waals surface area contributed by atoms with Crippen molar-refractivity contribution in [1.82, 2.24) is 5.32 Å². The average molecular weight is 231 g/mol. The van der Waals surface area contributed by atoms with Gasteiger partial charge in [0.25, 0.3) is 0 Å². The Morgan fingerprint density at radius 2 is 1.94 bits per heavy atom. The van der Waals surface area contributed by atoms with Crippen LogP contribution in [0.4, 0.5) is 0 Å². The molecule has 0 radical (unpaired) electrons. The highest BCUT2D eigenvalue weighted by molar-refractivity contribution is 5.71. The molecule has 1 unspecified atom stereocenters. The molecule has 0 saturated heterocycles. The second kappa shape index (κ2) is 7.63. The minimum atomic E-state index is -0.224. The Kier molecular flexibility index (Phi) is 7.34. The molecule has 0 bridgehead atoms. The first-order chi connectivity index (χ1) is 7.35. The SMILES string of the molecule is CCC(C)NCC(=O)OCCOC(C)(C)C.